The van der Waals surface area contributed by atoms with Crippen LogP contribution in [0.2, 0.25) is 0 Å². The monoisotopic (exact) mass is 418 g/mol. The van der Waals surface area contributed by atoms with Gasteiger partial charge < -0.3 is 19.9 Å². The van der Waals surface area contributed by atoms with Crippen molar-refractivity contribution in [1.29, 1.82) is 0 Å². The second kappa shape index (κ2) is 9.25. The number of likely N-dealkylation sites (tertiary alicyclic amines) is 1. The lowest BCUT2D eigenvalue weighted by molar-refractivity contribution is -0.141. The zero-order chi connectivity index (χ0) is 17.3. The molecule has 3 heterocycles. The number of aromatic nitrogens is 2. The molecule has 0 saturated carbocycles. The van der Waals surface area contributed by atoms with E-state index < -0.39 is 11.9 Å². The highest BCUT2D eigenvalue weighted by molar-refractivity contribution is 5.85. The number of ether oxygens (including phenoxy) is 1. The Hall–Kier alpha value is -1.03. The van der Waals surface area contributed by atoms with Gasteiger partial charge in [-0.1, -0.05) is 0 Å². The SMILES string of the molecule is C[C@H]1OCCN[C@@H]1C(=O)N1CCC(c2ncc(C(F)(F)F)[nH]2)CC1.Cl.Cl. The van der Waals surface area contributed by atoms with Gasteiger partial charge >= 0.3 is 6.18 Å². The van der Waals surface area contributed by atoms with Crippen molar-refractivity contribution in [3.63, 3.8) is 0 Å². The third-order valence-corrected chi connectivity index (χ3v) is 4.68. The second-order valence-corrected chi connectivity index (χ2v) is 6.29. The smallest absolute Gasteiger partial charge is 0.375 e. The predicted octanol–water partition coefficient (Wildman–Crippen LogP) is 2.36. The largest absolute Gasteiger partial charge is 0.432 e. The molecule has 2 N–H and O–H groups in total. The van der Waals surface area contributed by atoms with Crippen molar-refractivity contribution in [3.8, 4) is 0 Å². The summed E-state index contributed by atoms with van der Waals surface area (Å²) in [6.45, 7) is 4.12. The summed E-state index contributed by atoms with van der Waals surface area (Å²) in [6.07, 6.45) is -2.57. The molecule has 11 heteroatoms. The average Bonchev–Trinajstić information content (AvgIpc) is 3.05. The quantitative estimate of drug-likeness (QED) is 0.773. The fraction of sp³-hybridized carbons (Fsp3) is 0.733. The van der Waals surface area contributed by atoms with E-state index in [0.717, 1.165) is 6.20 Å². The van der Waals surface area contributed by atoms with E-state index in [1.165, 1.54) is 0 Å². The van der Waals surface area contributed by atoms with Gasteiger partial charge in [-0.25, -0.2) is 4.98 Å². The number of amides is 1. The number of aromatic amines is 1. The minimum atomic E-state index is -4.41. The summed E-state index contributed by atoms with van der Waals surface area (Å²) in [6, 6.07) is -0.351. The molecule has 2 aliphatic rings. The number of hydrogen-bond donors (Lipinski definition) is 2. The van der Waals surface area contributed by atoms with Crippen LogP contribution in [0.1, 0.15) is 37.2 Å². The Morgan fingerprint density at radius 2 is 1.96 bits per heavy atom. The van der Waals surface area contributed by atoms with Crippen LogP contribution in [0.4, 0.5) is 13.2 Å². The standard InChI is InChI=1S/C15H21F3N4O2.2ClH/c1-9-12(19-4-7-24-9)14(23)22-5-2-10(3-6-22)13-20-8-11(21-13)15(16,17)18;;/h8-10,12,19H,2-7H2,1H3,(H,20,21);2*1H/t9-,12+;;/m1../s1. The Kier molecular flexibility index (Phi) is 8.19. The fourth-order valence-electron chi connectivity index (χ4n) is 3.27. The van der Waals surface area contributed by atoms with Crippen LogP contribution in [0, 0.1) is 0 Å². The number of morpholine rings is 1. The van der Waals surface area contributed by atoms with Crippen molar-refractivity contribution in [2.45, 2.75) is 44.0 Å². The maximum atomic E-state index is 12.6. The van der Waals surface area contributed by atoms with Gasteiger partial charge in [0.05, 0.1) is 18.9 Å². The van der Waals surface area contributed by atoms with E-state index in [4.69, 9.17) is 4.74 Å². The van der Waals surface area contributed by atoms with E-state index in [0.29, 0.717) is 44.9 Å². The normalized spacial score (nSPS) is 24.5. The number of imidazole rings is 1. The van der Waals surface area contributed by atoms with Gasteiger partial charge in [0.1, 0.15) is 17.6 Å². The molecule has 2 aliphatic heterocycles. The number of carbonyl (C=O) groups is 1. The van der Waals surface area contributed by atoms with E-state index in [1.807, 2.05) is 6.92 Å². The van der Waals surface area contributed by atoms with E-state index in [-0.39, 0.29) is 48.8 Å². The number of nitrogens with one attached hydrogen (secondary N) is 2. The molecule has 2 atom stereocenters. The van der Waals surface area contributed by atoms with Gasteiger partial charge in [0.15, 0.2) is 0 Å². The lowest BCUT2D eigenvalue weighted by Gasteiger charge is -2.37. The number of alkyl halides is 3. The molecule has 2 fully saturated rings. The molecule has 0 radical (unpaired) electrons. The number of H-pyrrole nitrogens is 1. The number of piperidine rings is 1. The second-order valence-electron chi connectivity index (χ2n) is 6.29. The van der Waals surface area contributed by atoms with Gasteiger partial charge in [-0.05, 0) is 19.8 Å². The topological polar surface area (TPSA) is 70.2 Å². The van der Waals surface area contributed by atoms with Crippen molar-refractivity contribution < 1.29 is 22.7 Å². The van der Waals surface area contributed by atoms with Gasteiger partial charge in [0.2, 0.25) is 5.91 Å². The first-order valence-corrected chi connectivity index (χ1v) is 8.12. The molecule has 0 bridgehead atoms. The number of hydrogen-bond acceptors (Lipinski definition) is 4. The number of carbonyl (C=O) groups excluding carboxylic acids is 1. The van der Waals surface area contributed by atoms with Gasteiger partial charge in [-0.15, -0.1) is 24.8 Å². The Morgan fingerprint density at radius 1 is 1.31 bits per heavy atom. The molecule has 3 rings (SSSR count). The molecule has 0 aromatic carbocycles. The van der Waals surface area contributed by atoms with Crippen LogP contribution in [-0.4, -0.2) is 59.2 Å². The highest BCUT2D eigenvalue weighted by Gasteiger charge is 2.36. The van der Waals surface area contributed by atoms with E-state index >= 15 is 0 Å². The van der Waals surface area contributed by atoms with Crippen LogP contribution in [-0.2, 0) is 15.7 Å². The fourth-order valence-corrected chi connectivity index (χ4v) is 3.27. The first-order chi connectivity index (χ1) is 11.4. The van der Waals surface area contributed by atoms with Crippen molar-refractivity contribution in [3.05, 3.63) is 17.7 Å². The van der Waals surface area contributed by atoms with Gasteiger partial charge in [-0.3, -0.25) is 4.79 Å². The maximum Gasteiger partial charge on any atom is 0.432 e. The molecule has 1 amide bonds. The van der Waals surface area contributed by atoms with Crippen LogP contribution in [0.5, 0.6) is 0 Å². The molecule has 150 valence electrons. The lowest BCUT2D eigenvalue weighted by atomic mass is 9.95. The first-order valence-electron chi connectivity index (χ1n) is 8.12. The molecule has 0 unspecified atom stereocenters. The summed E-state index contributed by atoms with van der Waals surface area (Å²) in [5.41, 5.74) is -0.826. The van der Waals surface area contributed by atoms with Crippen LogP contribution in [0.15, 0.2) is 6.20 Å². The number of halogens is 5. The molecule has 0 aliphatic carbocycles. The zero-order valence-corrected chi connectivity index (χ0v) is 15.8. The molecule has 26 heavy (non-hydrogen) atoms. The van der Waals surface area contributed by atoms with E-state index in [1.54, 1.807) is 4.90 Å². The van der Waals surface area contributed by atoms with Crippen molar-refractivity contribution in [2.24, 2.45) is 0 Å². The summed E-state index contributed by atoms with van der Waals surface area (Å²) in [4.78, 5) is 20.5. The third kappa shape index (κ3) is 5.03. The van der Waals surface area contributed by atoms with Gasteiger partial charge in [0, 0.05) is 25.6 Å². The van der Waals surface area contributed by atoms with Crippen molar-refractivity contribution in [1.82, 2.24) is 20.2 Å². The highest BCUT2D eigenvalue weighted by Crippen LogP contribution is 2.31. The molecule has 0 spiro atoms. The van der Waals surface area contributed by atoms with Gasteiger partial charge in [-0.2, -0.15) is 13.2 Å². The third-order valence-electron chi connectivity index (χ3n) is 4.68. The Labute approximate surface area is 162 Å². The Morgan fingerprint density at radius 3 is 2.50 bits per heavy atom. The molecule has 2 saturated heterocycles. The van der Waals surface area contributed by atoms with Crippen LogP contribution in [0.25, 0.3) is 0 Å². The van der Waals surface area contributed by atoms with Crippen LogP contribution >= 0.6 is 24.8 Å². The zero-order valence-electron chi connectivity index (χ0n) is 14.2. The Bertz CT molecular complexity index is 592. The molecule has 1 aromatic heterocycles. The summed E-state index contributed by atoms with van der Waals surface area (Å²) in [7, 11) is 0. The van der Waals surface area contributed by atoms with Gasteiger partial charge in [0.25, 0.3) is 0 Å². The molecule has 1 aromatic rings. The van der Waals surface area contributed by atoms with Crippen LogP contribution in [0.3, 0.4) is 0 Å². The average molecular weight is 419 g/mol. The summed E-state index contributed by atoms with van der Waals surface area (Å²) in [5, 5.41) is 3.17. The van der Waals surface area contributed by atoms with Crippen molar-refractivity contribution in [2.75, 3.05) is 26.2 Å². The number of rotatable bonds is 2. The lowest BCUT2D eigenvalue weighted by Crippen LogP contribution is -2.57. The van der Waals surface area contributed by atoms with E-state index in [2.05, 4.69) is 15.3 Å². The number of nitrogens with zero attached hydrogens (tertiary/aromatic N) is 2. The summed E-state index contributed by atoms with van der Waals surface area (Å²) < 4.78 is 43.4. The van der Waals surface area contributed by atoms with E-state index in [9.17, 15) is 18.0 Å². The summed E-state index contributed by atoms with van der Waals surface area (Å²) >= 11 is 0. The first kappa shape index (κ1) is 23.0. The Balaban J connectivity index is 0.00000169. The minimum Gasteiger partial charge on any atom is -0.375 e. The molecular formula is C15H23Cl2F3N4O2. The summed E-state index contributed by atoms with van der Waals surface area (Å²) in [5.74, 6) is 0.260. The molecular weight excluding hydrogens is 396 g/mol. The van der Waals surface area contributed by atoms with Crippen molar-refractivity contribution >= 4 is 30.7 Å². The maximum absolute atomic E-state index is 12.6. The minimum absolute atomic E-state index is 0. The van der Waals surface area contributed by atoms with Crippen LogP contribution < -0.4 is 5.32 Å². The highest BCUT2D eigenvalue weighted by atomic mass is 35.5. The molecule has 6 nitrogen and oxygen atoms in total. The predicted molar refractivity (Wildman–Crippen MR) is 93.8 cm³/mol.